The normalized spacial score (nSPS) is 22.4. The molecule has 0 saturated heterocycles. The van der Waals surface area contributed by atoms with Gasteiger partial charge in [-0.25, -0.2) is 0 Å². The molecule has 31 heavy (non-hydrogen) atoms. The highest BCUT2D eigenvalue weighted by molar-refractivity contribution is 5.94. The van der Waals surface area contributed by atoms with Crippen molar-refractivity contribution < 1.29 is 19.4 Å². The van der Waals surface area contributed by atoms with Gasteiger partial charge in [0.25, 0.3) is 0 Å². The number of fused-ring (bicyclic) bond motifs is 3. The zero-order chi connectivity index (χ0) is 22.2. The lowest BCUT2D eigenvalue weighted by molar-refractivity contribution is -0.149. The van der Waals surface area contributed by atoms with E-state index in [2.05, 4.69) is 18.0 Å². The molecule has 1 aliphatic carbocycles. The predicted octanol–water partition coefficient (Wildman–Crippen LogP) is 5.27. The number of nitrogens with zero attached hydrogens (tertiary/aromatic N) is 1. The number of H-pyrrole nitrogens is 1. The largest absolute Gasteiger partial charge is 0.481 e. The number of hydrogen-bond acceptors (Lipinski definition) is 4. The molecule has 4 rings (SSSR count). The van der Waals surface area contributed by atoms with Crippen molar-refractivity contribution in [2.75, 3.05) is 13.7 Å². The van der Waals surface area contributed by atoms with Crippen molar-refractivity contribution in [3.63, 3.8) is 0 Å². The number of carbonyl (C=O) groups is 1. The molecule has 0 bridgehead atoms. The Kier molecular flexibility index (Phi) is 6.09. The third-order valence-electron chi connectivity index (χ3n) is 7.27. The Morgan fingerprint density at radius 2 is 2.19 bits per heavy atom. The van der Waals surface area contributed by atoms with Gasteiger partial charge < -0.3 is 19.6 Å². The van der Waals surface area contributed by atoms with Crippen LogP contribution in [0, 0.1) is 24.2 Å². The van der Waals surface area contributed by atoms with Crippen molar-refractivity contribution >= 4 is 16.9 Å². The molecule has 2 atom stereocenters. The number of hydrogen-bond donors (Lipinski definition) is 2. The second kappa shape index (κ2) is 8.64. The van der Waals surface area contributed by atoms with Crippen molar-refractivity contribution in [1.29, 1.82) is 5.26 Å². The summed E-state index contributed by atoms with van der Waals surface area (Å²) < 4.78 is 12.1. The lowest BCUT2D eigenvalue weighted by atomic mass is 9.83. The average Bonchev–Trinajstić information content (AvgIpc) is 3.39. The number of rotatable bonds is 7. The van der Waals surface area contributed by atoms with Gasteiger partial charge in [0.05, 0.1) is 42.0 Å². The Morgan fingerprint density at radius 1 is 1.45 bits per heavy atom. The molecule has 1 aromatic carbocycles. The van der Waals surface area contributed by atoms with E-state index in [9.17, 15) is 15.2 Å². The van der Waals surface area contributed by atoms with Crippen molar-refractivity contribution in [2.24, 2.45) is 5.92 Å². The fraction of sp³-hybridized carbons (Fsp3) is 0.600. The van der Waals surface area contributed by atoms with Gasteiger partial charge in [0.2, 0.25) is 0 Å². The smallest absolute Gasteiger partial charge is 0.306 e. The summed E-state index contributed by atoms with van der Waals surface area (Å²) in [6.07, 6.45) is 6.72. The summed E-state index contributed by atoms with van der Waals surface area (Å²) in [6.45, 7) is 4.59. The molecular weight excluding hydrogens is 392 g/mol. The first-order chi connectivity index (χ1) is 15.0. The quantitative estimate of drug-likeness (QED) is 0.631. The fourth-order valence-electron chi connectivity index (χ4n) is 5.95. The molecule has 166 valence electrons. The minimum atomic E-state index is -0.876. The summed E-state index contributed by atoms with van der Waals surface area (Å²) in [5.41, 5.74) is 4.71. The Bertz CT molecular complexity index is 1030. The SMILES string of the molecule is CCCC1(CC(=O)O)OCCc2c1[nH]c1c(C)c(C(OC)C3CCCC3)cc(C#N)c21. The van der Waals surface area contributed by atoms with Gasteiger partial charge >= 0.3 is 5.97 Å². The van der Waals surface area contributed by atoms with Gasteiger partial charge in [0.1, 0.15) is 5.60 Å². The highest BCUT2D eigenvalue weighted by Gasteiger charge is 2.42. The standard InChI is InChI=1S/C25H32N2O4/c1-4-10-25(13-20(28)29)24-18(9-11-31-25)21-17(14-26)12-19(15(2)22(21)27-24)23(30-3)16-7-5-6-8-16/h12,16,23,27H,4-11,13H2,1-3H3,(H,28,29). The molecule has 2 unspecified atom stereocenters. The highest BCUT2D eigenvalue weighted by Crippen LogP contribution is 2.46. The maximum absolute atomic E-state index is 11.7. The zero-order valence-corrected chi connectivity index (χ0v) is 18.7. The van der Waals surface area contributed by atoms with E-state index in [0.29, 0.717) is 30.9 Å². The number of nitrogens with one attached hydrogen (secondary N) is 1. The minimum Gasteiger partial charge on any atom is -0.481 e. The molecule has 1 aliphatic heterocycles. The molecule has 1 aromatic heterocycles. The Labute approximate surface area is 183 Å². The van der Waals surface area contributed by atoms with E-state index in [1.54, 1.807) is 7.11 Å². The molecule has 2 aliphatic rings. The van der Waals surface area contributed by atoms with Crippen LogP contribution in [0.1, 0.15) is 85.9 Å². The topological polar surface area (TPSA) is 95.3 Å². The summed E-state index contributed by atoms with van der Waals surface area (Å²) in [7, 11) is 1.76. The number of aryl methyl sites for hydroxylation is 1. The molecule has 1 saturated carbocycles. The molecule has 0 radical (unpaired) electrons. The van der Waals surface area contributed by atoms with Crippen LogP contribution in [-0.2, 0) is 26.3 Å². The molecule has 2 heterocycles. The monoisotopic (exact) mass is 424 g/mol. The molecule has 2 aromatic rings. The van der Waals surface area contributed by atoms with Crippen molar-refractivity contribution in [3.8, 4) is 6.07 Å². The van der Waals surface area contributed by atoms with Crippen LogP contribution in [0.5, 0.6) is 0 Å². The molecule has 6 nitrogen and oxygen atoms in total. The fourth-order valence-corrected chi connectivity index (χ4v) is 5.95. The van der Waals surface area contributed by atoms with Gasteiger partial charge in [-0.15, -0.1) is 0 Å². The first-order valence-electron chi connectivity index (χ1n) is 11.4. The summed E-state index contributed by atoms with van der Waals surface area (Å²) in [4.78, 5) is 15.3. The number of carboxylic acid groups (broad SMARTS) is 1. The minimum absolute atomic E-state index is 0.0324. The van der Waals surface area contributed by atoms with E-state index < -0.39 is 11.6 Å². The second-order valence-corrected chi connectivity index (χ2v) is 9.09. The number of methoxy groups -OCH3 is 1. The molecular formula is C25H32N2O4. The van der Waals surface area contributed by atoms with Crippen molar-refractivity contribution in [2.45, 2.75) is 76.9 Å². The third kappa shape index (κ3) is 3.64. The molecule has 0 amide bonds. The van der Waals surface area contributed by atoms with E-state index in [-0.39, 0.29) is 12.5 Å². The summed E-state index contributed by atoms with van der Waals surface area (Å²) in [6, 6.07) is 4.42. The van der Waals surface area contributed by atoms with E-state index in [4.69, 9.17) is 9.47 Å². The van der Waals surface area contributed by atoms with Crippen LogP contribution in [0.15, 0.2) is 6.07 Å². The highest BCUT2D eigenvalue weighted by atomic mass is 16.5. The van der Waals surface area contributed by atoms with E-state index >= 15 is 0 Å². The zero-order valence-electron chi connectivity index (χ0n) is 18.7. The van der Waals surface area contributed by atoms with Crippen molar-refractivity contribution in [3.05, 3.63) is 34.0 Å². The van der Waals surface area contributed by atoms with E-state index in [0.717, 1.165) is 52.5 Å². The van der Waals surface area contributed by atoms with Gasteiger partial charge in [-0.2, -0.15) is 5.26 Å². The summed E-state index contributed by atoms with van der Waals surface area (Å²) in [5.74, 6) is -0.412. The number of aromatic amines is 1. The van der Waals surface area contributed by atoms with Crippen LogP contribution in [-0.4, -0.2) is 29.8 Å². The van der Waals surface area contributed by atoms with Crippen LogP contribution >= 0.6 is 0 Å². The second-order valence-electron chi connectivity index (χ2n) is 9.09. The number of carboxylic acids is 1. The maximum atomic E-state index is 11.7. The van der Waals surface area contributed by atoms with Gasteiger partial charge in [-0.05, 0) is 61.3 Å². The van der Waals surface area contributed by atoms with Crippen LogP contribution in [0.25, 0.3) is 10.9 Å². The summed E-state index contributed by atoms with van der Waals surface area (Å²) >= 11 is 0. The van der Waals surface area contributed by atoms with Gasteiger partial charge in [-0.3, -0.25) is 4.79 Å². The number of benzene rings is 1. The average molecular weight is 425 g/mol. The lowest BCUT2D eigenvalue weighted by Crippen LogP contribution is -2.37. The van der Waals surface area contributed by atoms with Crippen molar-refractivity contribution in [1.82, 2.24) is 4.98 Å². The summed E-state index contributed by atoms with van der Waals surface area (Å²) in [5, 5.41) is 20.6. The van der Waals surface area contributed by atoms with Gasteiger partial charge in [0.15, 0.2) is 0 Å². The van der Waals surface area contributed by atoms with E-state index in [1.165, 1.54) is 12.8 Å². The maximum Gasteiger partial charge on any atom is 0.306 e. The number of aliphatic carboxylic acids is 1. The first kappa shape index (κ1) is 21.9. The number of ether oxygens (including phenoxy) is 2. The van der Waals surface area contributed by atoms with Crippen LogP contribution < -0.4 is 0 Å². The molecule has 1 fully saturated rings. The van der Waals surface area contributed by atoms with Gasteiger partial charge in [-0.1, -0.05) is 26.2 Å². The number of aromatic nitrogens is 1. The predicted molar refractivity (Wildman–Crippen MR) is 118 cm³/mol. The Balaban J connectivity index is 1.94. The molecule has 6 heteroatoms. The van der Waals surface area contributed by atoms with Crippen LogP contribution in [0.3, 0.4) is 0 Å². The number of nitriles is 1. The lowest BCUT2D eigenvalue weighted by Gasteiger charge is -2.36. The third-order valence-corrected chi connectivity index (χ3v) is 7.27. The van der Waals surface area contributed by atoms with Crippen LogP contribution in [0.2, 0.25) is 0 Å². The van der Waals surface area contributed by atoms with Gasteiger partial charge in [0, 0.05) is 12.5 Å². The molecule has 2 N–H and O–H groups in total. The first-order valence-corrected chi connectivity index (χ1v) is 11.4. The van der Waals surface area contributed by atoms with E-state index in [1.807, 2.05) is 13.0 Å². The molecule has 0 spiro atoms. The van der Waals surface area contributed by atoms with Crippen LogP contribution in [0.4, 0.5) is 0 Å². The Hall–Kier alpha value is -2.36. The Morgan fingerprint density at radius 3 is 2.81 bits per heavy atom.